The van der Waals surface area contributed by atoms with Gasteiger partial charge in [-0.3, -0.25) is 0 Å². The lowest BCUT2D eigenvalue weighted by Crippen LogP contribution is -2.40. The second-order valence-electron chi connectivity index (χ2n) is 4.72. The molecule has 1 fully saturated rings. The van der Waals surface area contributed by atoms with Crippen molar-refractivity contribution in [2.45, 2.75) is 24.3 Å². The molecular formula is C12H16FNO4S2. The van der Waals surface area contributed by atoms with Crippen LogP contribution in [0.5, 0.6) is 0 Å². The van der Waals surface area contributed by atoms with Crippen molar-refractivity contribution < 1.29 is 21.2 Å². The Hall–Kier alpha value is -0.990. The number of hydrogen-bond donors (Lipinski definition) is 0. The highest BCUT2D eigenvalue weighted by molar-refractivity contribution is 7.92. The molecule has 0 bridgehead atoms. The highest BCUT2D eigenvalue weighted by Crippen LogP contribution is 2.24. The highest BCUT2D eigenvalue weighted by Gasteiger charge is 2.37. The molecule has 2 rings (SSSR count). The smallest absolute Gasteiger partial charge is 0.229 e. The molecule has 0 amide bonds. The first-order valence-electron chi connectivity index (χ1n) is 6.24. The molecule has 1 aromatic rings. The number of nitrogens with zero attached hydrogens (tertiary/aromatic N) is 1. The second-order valence-corrected chi connectivity index (χ2v) is 8.84. The van der Waals surface area contributed by atoms with E-state index in [2.05, 4.69) is 0 Å². The third-order valence-corrected chi connectivity index (χ3v) is 7.14. The fourth-order valence-corrected chi connectivity index (χ4v) is 5.86. The molecule has 20 heavy (non-hydrogen) atoms. The maximum absolute atomic E-state index is 12.9. The predicted molar refractivity (Wildman–Crippen MR) is 73.0 cm³/mol. The van der Waals surface area contributed by atoms with E-state index in [0.717, 1.165) is 12.1 Å². The summed E-state index contributed by atoms with van der Waals surface area (Å²) >= 11 is 0. The third kappa shape index (κ3) is 3.02. The molecule has 1 heterocycles. The molecule has 1 atom stereocenters. The molecule has 0 aliphatic carbocycles. The fraction of sp³-hybridized carbons (Fsp3) is 0.500. The molecular weight excluding hydrogens is 305 g/mol. The molecule has 1 saturated heterocycles. The molecule has 8 heteroatoms. The van der Waals surface area contributed by atoms with Gasteiger partial charge in [0.05, 0.1) is 16.4 Å². The zero-order valence-corrected chi connectivity index (χ0v) is 12.6. The van der Waals surface area contributed by atoms with Crippen LogP contribution in [0.4, 0.5) is 4.39 Å². The molecule has 0 radical (unpaired) electrons. The van der Waals surface area contributed by atoms with Gasteiger partial charge in [0.2, 0.25) is 10.0 Å². The van der Waals surface area contributed by atoms with E-state index in [1.807, 2.05) is 0 Å². The van der Waals surface area contributed by atoms with Crippen LogP contribution < -0.4 is 0 Å². The summed E-state index contributed by atoms with van der Waals surface area (Å²) in [5, 5.41) is 0. The van der Waals surface area contributed by atoms with E-state index >= 15 is 0 Å². The van der Waals surface area contributed by atoms with E-state index in [0.29, 0.717) is 6.42 Å². The Morgan fingerprint density at radius 2 is 1.90 bits per heavy atom. The van der Waals surface area contributed by atoms with E-state index in [1.165, 1.54) is 16.4 Å². The van der Waals surface area contributed by atoms with E-state index in [9.17, 15) is 21.2 Å². The standard InChI is InChI=1S/C12H16FNO4S2/c1-2-14(11-7-8-19(15,16)9-11)20(17,18)12-5-3-10(13)4-6-12/h3-6,11H,2,7-9H2,1H3/t11-/m0/s1. The molecule has 112 valence electrons. The number of sulfonamides is 1. The average Bonchev–Trinajstić information content (AvgIpc) is 2.70. The molecule has 5 nitrogen and oxygen atoms in total. The van der Waals surface area contributed by atoms with Gasteiger partial charge in [-0.25, -0.2) is 21.2 Å². The van der Waals surface area contributed by atoms with Gasteiger partial charge < -0.3 is 0 Å². The van der Waals surface area contributed by atoms with Gasteiger partial charge in [-0.2, -0.15) is 4.31 Å². The summed E-state index contributed by atoms with van der Waals surface area (Å²) in [5.41, 5.74) is 0. The molecule has 0 spiro atoms. The van der Waals surface area contributed by atoms with Crippen molar-refractivity contribution in [3.63, 3.8) is 0 Å². The molecule has 1 aliphatic rings. The Morgan fingerprint density at radius 1 is 1.30 bits per heavy atom. The average molecular weight is 321 g/mol. The number of rotatable bonds is 4. The second kappa shape index (κ2) is 5.42. The van der Waals surface area contributed by atoms with Gasteiger partial charge in [0.25, 0.3) is 0 Å². The van der Waals surface area contributed by atoms with Crippen molar-refractivity contribution in [1.82, 2.24) is 4.31 Å². The predicted octanol–water partition coefficient (Wildman–Crippen LogP) is 1.02. The molecule has 0 aromatic heterocycles. The lowest BCUT2D eigenvalue weighted by molar-refractivity contribution is 0.354. The quantitative estimate of drug-likeness (QED) is 0.830. The van der Waals surface area contributed by atoms with Crippen molar-refractivity contribution in [2.75, 3.05) is 18.1 Å². The van der Waals surface area contributed by atoms with Gasteiger partial charge in [0.15, 0.2) is 9.84 Å². The minimum Gasteiger partial charge on any atom is -0.229 e. The Morgan fingerprint density at radius 3 is 2.35 bits per heavy atom. The van der Waals surface area contributed by atoms with Gasteiger partial charge in [0.1, 0.15) is 5.82 Å². The number of hydrogen-bond acceptors (Lipinski definition) is 4. The summed E-state index contributed by atoms with van der Waals surface area (Å²) in [6, 6.07) is 3.99. The first kappa shape index (κ1) is 15.4. The summed E-state index contributed by atoms with van der Waals surface area (Å²) in [4.78, 5) is -0.0231. The van der Waals surface area contributed by atoms with Crippen LogP contribution in [0.1, 0.15) is 13.3 Å². The Labute approximate surface area is 118 Å². The monoisotopic (exact) mass is 321 g/mol. The van der Waals surface area contributed by atoms with Crippen molar-refractivity contribution in [1.29, 1.82) is 0 Å². The lowest BCUT2D eigenvalue weighted by atomic mass is 10.3. The zero-order valence-electron chi connectivity index (χ0n) is 11.0. The first-order chi connectivity index (χ1) is 9.26. The van der Waals surface area contributed by atoms with Crippen LogP contribution in [0.25, 0.3) is 0 Å². The van der Waals surface area contributed by atoms with Crippen LogP contribution in [0, 0.1) is 5.82 Å². The molecule has 0 N–H and O–H groups in total. The largest absolute Gasteiger partial charge is 0.243 e. The zero-order chi connectivity index (χ0) is 15.0. The van der Waals surface area contributed by atoms with Gasteiger partial charge in [-0.1, -0.05) is 6.92 Å². The van der Waals surface area contributed by atoms with Crippen LogP contribution in [0.3, 0.4) is 0 Å². The number of benzene rings is 1. The van der Waals surface area contributed by atoms with Crippen molar-refractivity contribution in [3.05, 3.63) is 30.1 Å². The maximum atomic E-state index is 12.9. The van der Waals surface area contributed by atoms with Gasteiger partial charge in [-0.15, -0.1) is 0 Å². The Bertz CT molecular complexity index is 683. The van der Waals surface area contributed by atoms with Crippen molar-refractivity contribution in [2.24, 2.45) is 0 Å². The van der Waals surface area contributed by atoms with Gasteiger partial charge in [0, 0.05) is 12.6 Å². The van der Waals surface area contributed by atoms with Crippen molar-refractivity contribution in [3.8, 4) is 0 Å². The van der Waals surface area contributed by atoms with Crippen molar-refractivity contribution >= 4 is 19.9 Å². The van der Waals surface area contributed by atoms with E-state index in [1.54, 1.807) is 6.92 Å². The summed E-state index contributed by atoms with van der Waals surface area (Å²) in [5.74, 6) is -0.663. The third-order valence-electron chi connectivity index (χ3n) is 3.35. The van der Waals surface area contributed by atoms with Crippen LogP contribution in [0.15, 0.2) is 29.2 Å². The number of sulfone groups is 1. The SMILES string of the molecule is CCN([C@H]1CCS(=O)(=O)C1)S(=O)(=O)c1ccc(F)cc1. The number of halogens is 1. The Balaban J connectivity index is 2.33. The molecule has 1 aliphatic heterocycles. The van der Waals surface area contributed by atoms with Crippen LogP contribution in [-0.4, -0.2) is 45.2 Å². The summed E-state index contributed by atoms with van der Waals surface area (Å²) in [6.07, 6.45) is 0.302. The molecule has 1 aromatic carbocycles. The molecule has 0 saturated carbocycles. The van der Waals surface area contributed by atoms with Crippen LogP contribution >= 0.6 is 0 Å². The lowest BCUT2D eigenvalue weighted by Gasteiger charge is -2.25. The topological polar surface area (TPSA) is 71.5 Å². The van der Waals surface area contributed by atoms with E-state index in [-0.39, 0.29) is 22.9 Å². The van der Waals surface area contributed by atoms with Gasteiger partial charge >= 0.3 is 0 Å². The van der Waals surface area contributed by atoms with Gasteiger partial charge in [-0.05, 0) is 30.7 Å². The van der Waals surface area contributed by atoms with E-state index < -0.39 is 31.7 Å². The summed E-state index contributed by atoms with van der Waals surface area (Å²) in [7, 11) is -6.97. The summed E-state index contributed by atoms with van der Waals surface area (Å²) < 4.78 is 62.0. The normalized spacial score (nSPS) is 22.2. The highest BCUT2D eigenvalue weighted by atomic mass is 32.2. The molecule has 0 unspecified atom stereocenters. The first-order valence-corrected chi connectivity index (χ1v) is 9.50. The van der Waals surface area contributed by atoms with E-state index in [4.69, 9.17) is 0 Å². The summed E-state index contributed by atoms with van der Waals surface area (Å²) in [6.45, 7) is 1.84. The van der Waals surface area contributed by atoms with Crippen LogP contribution in [-0.2, 0) is 19.9 Å². The van der Waals surface area contributed by atoms with Crippen LogP contribution in [0.2, 0.25) is 0 Å². The minimum atomic E-state index is -3.80. The minimum absolute atomic E-state index is 0.00705. The Kier molecular flexibility index (Phi) is 4.17. The maximum Gasteiger partial charge on any atom is 0.243 e. The fourth-order valence-electron chi connectivity index (χ4n) is 2.37.